The first-order valence-corrected chi connectivity index (χ1v) is 13.2. The molecule has 2 aromatic rings. The van der Waals surface area contributed by atoms with Gasteiger partial charge < -0.3 is 25.1 Å². The van der Waals surface area contributed by atoms with Crippen molar-refractivity contribution in [3.8, 4) is 0 Å². The summed E-state index contributed by atoms with van der Waals surface area (Å²) in [6.45, 7) is 10.8. The number of nitrogens with zero attached hydrogens (tertiary/aromatic N) is 3. The van der Waals surface area contributed by atoms with Gasteiger partial charge in [-0.3, -0.25) is 14.3 Å². The summed E-state index contributed by atoms with van der Waals surface area (Å²) in [7, 11) is -2.13. The van der Waals surface area contributed by atoms with E-state index in [-0.39, 0.29) is 28.3 Å². The molecule has 2 aromatic heterocycles. The zero-order chi connectivity index (χ0) is 22.1. The summed E-state index contributed by atoms with van der Waals surface area (Å²) in [5.74, 6) is -0.0583. The van der Waals surface area contributed by atoms with Crippen LogP contribution in [0.15, 0.2) is 11.1 Å². The molecule has 0 amide bonds. The molecule has 1 spiro atoms. The molecular weight excluding hydrogens is 406 g/mol. The van der Waals surface area contributed by atoms with Gasteiger partial charge in [-0.2, -0.15) is 4.98 Å². The van der Waals surface area contributed by atoms with Crippen molar-refractivity contribution in [2.75, 3.05) is 5.73 Å². The molecule has 5 atom stereocenters. The van der Waals surface area contributed by atoms with Crippen molar-refractivity contribution in [1.82, 2.24) is 19.5 Å². The Bertz CT molecular complexity index is 1010. The maximum atomic E-state index is 12.1. The summed E-state index contributed by atoms with van der Waals surface area (Å²) in [5, 5.41) is 22.0. The van der Waals surface area contributed by atoms with Crippen molar-refractivity contribution in [3.05, 3.63) is 16.7 Å². The first-order chi connectivity index (χ1) is 13.9. The van der Waals surface area contributed by atoms with Crippen LogP contribution in [0.25, 0.3) is 11.2 Å². The monoisotopic (exact) mass is 437 g/mol. The van der Waals surface area contributed by atoms with Gasteiger partial charge in [0.15, 0.2) is 25.7 Å². The van der Waals surface area contributed by atoms with Gasteiger partial charge in [0.1, 0.15) is 17.8 Å². The highest BCUT2D eigenvalue weighted by atomic mass is 28.4. The highest BCUT2D eigenvalue weighted by Gasteiger charge is 2.62. The number of hydrogen-bond donors (Lipinski definition) is 4. The molecule has 1 saturated heterocycles. The molecule has 1 saturated carbocycles. The first-order valence-electron chi connectivity index (χ1n) is 10.3. The van der Waals surface area contributed by atoms with Crippen LogP contribution in [0.4, 0.5) is 5.95 Å². The minimum absolute atomic E-state index is 0.00137. The number of imidazole rings is 1. The average molecular weight is 438 g/mol. The number of aliphatic hydroxyl groups excluding tert-OH is 2. The molecule has 2 fully saturated rings. The van der Waals surface area contributed by atoms with Gasteiger partial charge in [0.2, 0.25) is 5.95 Å². The third-order valence-electron chi connectivity index (χ3n) is 7.00. The molecule has 0 bridgehead atoms. The lowest BCUT2D eigenvalue weighted by Crippen LogP contribution is -2.55. The van der Waals surface area contributed by atoms with E-state index in [1.54, 1.807) is 0 Å². The number of nitrogens with one attached hydrogen (secondary N) is 1. The molecule has 1 aliphatic carbocycles. The number of hydrogen-bond acceptors (Lipinski definition) is 8. The van der Waals surface area contributed by atoms with Gasteiger partial charge >= 0.3 is 0 Å². The Morgan fingerprint density at radius 3 is 2.77 bits per heavy atom. The van der Waals surface area contributed by atoms with Crippen LogP contribution in [-0.4, -0.2) is 62.0 Å². The summed E-state index contributed by atoms with van der Waals surface area (Å²) in [5.41, 5.74) is 4.48. The van der Waals surface area contributed by atoms with E-state index in [4.69, 9.17) is 14.9 Å². The number of aliphatic hydroxyl groups is 2. The maximum absolute atomic E-state index is 12.1. The molecule has 2 aliphatic rings. The Morgan fingerprint density at radius 1 is 1.40 bits per heavy atom. The first kappa shape index (κ1) is 21.4. The third-order valence-corrected chi connectivity index (χ3v) is 11.5. The van der Waals surface area contributed by atoms with Gasteiger partial charge in [-0.1, -0.05) is 20.8 Å². The summed E-state index contributed by atoms with van der Waals surface area (Å²) in [6, 6.07) is 0. The van der Waals surface area contributed by atoms with Gasteiger partial charge in [0.05, 0.1) is 12.4 Å². The lowest BCUT2D eigenvalue weighted by atomic mass is 9.91. The van der Waals surface area contributed by atoms with Crippen molar-refractivity contribution >= 4 is 25.4 Å². The minimum atomic E-state index is -2.13. The van der Waals surface area contributed by atoms with E-state index in [0.29, 0.717) is 6.42 Å². The number of nitrogen functional groups attached to an aromatic ring is 1. The van der Waals surface area contributed by atoms with Crippen molar-refractivity contribution < 1.29 is 19.4 Å². The number of nitrogens with two attached hydrogens (primary N) is 1. The molecule has 30 heavy (non-hydrogen) atoms. The van der Waals surface area contributed by atoms with E-state index in [2.05, 4.69) is 48.8 Å². The normalized spacial score (nSPS) is 32.5. The predicted molar refractivity (Wildman–Crippen MR) is 113 cm³/mol. The van der Waals surface area contributed by atoms with Crippen molar-refractivity contribution in [3.63, 3.8) is 0 Å². The molecule has 0 unspecified atom stereocenters. The fraction of sp³-hybridized carbons (Fsp3) is 0.737. The molecule has 0 aromatic carbocycles. The number of ether oxygens (including phenoxy) is 1. The molecule has 0 radical (unpaired) electrons. The standard InChI is InChI=1S/C19H31N5O5Si/c1-18(2,3)30(4,5)29-10-7-6-8-19(10)13(26)12(25)16(28-19)24-9-21-11-14(24)22-17(20)23-15(11)27/h9-10,12-13,16,25-26H,6-8H2,1-5H3,(H3,20,22,23,27)/t10-,12-,13+,16-,19-/m1/s1. The van der Waals surface area contributed by atoms with Crippen LogP contribution in [0.2, 0.25) is 18.1 Å². The minimum Gasteiger partial charge on any atom is -0.411 e. The molecule has 5 N–H and O–H groups in total. The number of anilines is 1. The Kier molecular flexibility index (Phi) is 4.90. The van der Waals surface area contributed by atoms with Gasteiger partial charge in [-0.05, 0) is 37.4 Å². The smallest absolute Gasteiger partial charge is 0.280 e. The highest BCUT2D eigenvalue weighted by molar-refractivity contribution is 6.74. The summed E-state index contributed by atoms with van der Waals surface area (Å²) >= 11 is 0. The van der Waals surface area contributed by atoms with Crippen LogP contribution in [0, 0.1) is 0 Å². The zero-order valence-electron chi connectivity index (χ0n) is 18.0. The lowest BCUT2D eigenvalue weighted by Gasteiger charge is -2.43. The van der Waals surface area contributed by atoms with Crippen LogP contribution in [0.1, 0.15) is 46.3 Å². The van der Waals surface area contributed by atoms with Crippen LogP contribution in [0.3, 0.4) is 0 Å². The Morgan fingerprint density at radius 2 is 2.10 bits per heavy atom. The third kappa shape index (κ3) is 3.11. The maximum Gasteiger partial charge on any atom is 0.280 e. The number of aromatic nitrogens is 4. The van der Waals surface area contributed by atoms with Crippen LogP contribution in [-0.2, 0) is 9.16 Å². The molecule has 11 heteroatoms. The zero-order valence-corrected chi connectivity index (χ0v) is 19.0. The van der Waals surface area contributed by atoms with E-state index < -0.39 is 37.9 Å². The van der Waals surface area contributed by atoms with E-state index in [9.17, 15) is 15.0 Å². The van der Waals surface area contributed by atoms with E-state index in [1.807, 2.05) is 0 Å². The molecular formula is C19H31N5O5Si. The van der Waals surface area contributed by atoms with E-state index >= 15 is 0 Å². The second kappa shape index (κ2) is 6.86. The van der Waals surface area contributed by atoms with Crippen molar-refractivity contribution in [2.45, 2.75) is 88.3 Å². The average Bonchev–Trinajstić information content (AvgIpc) is 3.28. The second-order valence-corrected chi connectivity index (χ2v) is 14.7. The Hall–Kier alpha value is -1.79. The number of aromatic amines is 1. The van der Waals surface area contributed by atoms with Crippen LogP contribution < -0.4 is 11.3 Å². The largest absolute Gasteiger partial charge is 0.411 e. The second-order valence-electron chi connectivity index (χ2n) is 9.93. The number of rotatable bonds is 3. The summed E-state index contributed by atoms with van der Waals surface area (Å²) in [6.07, 6.45) is -0.130. The van der Waals surface area contributed by atoms with Gasteiger partial charge in [-0.15, -0.1) is 0 Å². The topological polar surface area (TPSA) is 149 Å². The molecule has 4 rings (SSSR count). The summed E-state index contributed by atoms with van der Waals surface area (Å²) < 4.78 is 14.5. The van der Waals surface area contributed by atoms with E-state index in [0.717, 1.165) is 12.8 Å². The van der Waals surface area contributed by atoms with Gasteiger partial charge in [-0.25, -0.2) is 4.98 Å². The highest BCUT2D eigenvalue weighted by Crippen LogP contribution is 2.51. The summed E-state index contributed by atoms with van der Waals surface area (Å²) in [4.78, 5) is 22.8. The molecule has 3 heterocycles. The Labute approximate surface area is 175 Å². The van der Waals surface area contributed by atoms with Gasteiger partial charge in [0.25, 0.3) is 5.56 Å². The van der Waals surface area contributed by atoms with Crippen molar-refractivity contribution in [2.24, 2.45) is 0 Å². The quantitative estimate of drug-likeness (QED) is 0.525. The number of fused-ring (bicyclic) bond motifs is 1. The lowest BCUT2D eigenvalue weighted by molar-refractivity contribution is -0.144. The molecule has 166 valence electrons. The van der Waals surface area contributed by atoms with Crippen LogP contribution >= 0.6 is 0 Å². The molecule has 1 aliphatic heterocycles. The van der Waals surface area contributed by atoms with E-state index in [1.165, 1.54) is 10.9 Å². The SMILES string of the molecule is CC(C)(C)[Si](C)(C)O[C@@H]1CCC[C@@]12O[C@@H](n1cnc3c(=O)[nH]c(N)nc31)[C@H](O)[C@@H]2O. The van der Waals surface area contributed by atoms with Gasteiger partial charge in [0, 0.05) is 0 Å². The number of H-pyrrole nitrogens is 1. The fourth-order valence-electron chi connectivity index (χ4n) is 4.29. The Balaban J connectivity index is 1.70. The predicted octanol–water partition coefficient (Wildman–Crippen LogP) is 1.27. The van der Waals surface area contributed by atoms with Crippen LogP contribution in [0.5, 0.6) is 0 Å². The molecule has 10 nitrogen and oxygen atoms in total. The van der Waals surface area contributed by atoms with Crippen molar-refractivity contribution in [1.29, 1.82) is 0 Å². The fourth-order valence-corrected chi connectivity index (χ4v) is 5.68.